The topological polar surface area (TPSA) is 84.5 Å². The number of nitrogens with one attached hydrogen (secondary N) is 2. The summed E-state index contributed by atoms with van der Waals surface area (Å²) in [7, 11) is 0. The van der Waals surface area contributed by atoms with Crippen molar-refractivity contribution in [2.24, 2.45) is 0 Å². The maximum atomic E-state index is 12.0. The number of hydrogen-bond acceptors (Lipinski definition) is 5. The van der Waals surface area contributed by atoms with Gasteiger partial charge in [-0.1, -0.05) is 31.9 Å². The van der Waals surface area contributed by atoms with Crippen molar-refractivity contribution in [2.45, 2.75) is 42.8 Å². The van der Waals surface area contributed by atoms with Gasteiger partial charge in [-0.05, 0) is 18.6 Å². The van der Waals surface area contributed by atoms with Gasteiger partial charge in [0.05, 0.1) is 17.4 Å². The second-order valence-corrected chi connectivity index (χ2v) is 6.76. The molecule has 0 radical (unpaired) electrons. The van der Waals surface area contributed by atoms with Gasteiger partial charge in [-0.25, -0.2) is 0 Å². The van der Waals surface area contributed by atoms with Crippen LogP contribution in [0.15, 0.2) is 29.2 Å². The Kier molecular flexibility index (Phi) is 7.11. The summed E-state index contributed by atoms with van der Waals surface area (Å²) in [5.74, 6) is -1.09. The molecule has 130 valence electrons. The summed E-state index contributed by atoms with van der Waals surface area (Å²) in [5, 5.41) is 4.93. The minimum atomic E-state index is -0.550. The van der Waals surface area contributed by atoms with Gasteiger partial charge in [0.2, 0.25) is 5.91 Å². The first-order chi connectivity index (χ1) is 11.6. The summed E-state index contributed by atoms with van der Waals surface area (Å²) in [5.41, 5.74) is 0.753. The van der Waals surface area contributed by atoms with Crippen LogP contribution in [0.5, 0.6) is 0 Å². The quantitative estimate of drug-likeness (QED) is 0.555. The number of benzene rings is 1. The minimum absolute atomic E-state index is 0.0616. The Bertz CT molecular complexity index is 606. The molecule has 0 saturated heterocycles. The number of unbranched alkanes of at least 4 members (excludes halogenated alkanes) is 2. The molecule has 1 heterocycles. The van der Waals surface area contributed by atoms with Crippen molar-refractivity contribution >= 4 is 35.2 Å². The molecule has 0 bridgehead atoms. The molecular formula is C17H22N2O4S. The fourth-order valence-electron chi connectivity index (χ4n) is 2.24. The van der Waals surface area contributed by atoms with E-state index in [-0.39, 0.29) is 24.8 Å². The van der Waals surface area contributed by atoms with E-state index in [1.807, 2.05) is 24.3 Å². The predicted molar refractivity (Wildman–Crippen MR) is 92.8 cm³/mol. The van der Waals surface area contributed by atoms with Gasteiger partial charge in [0.15, 0.2) is 6.61 Å². The SMILES string of the molecule is CCCCCNC(=O)COC(=O)C[C@H]1Sc2ccccc2NC1=O. The zero-order valence-electron chi connectivity index (χ0n) is 13.7. The largest absolute Gasteiger partial charge is 0.456 e. The Morgan fingerprint density at radius 2 is 2.08 bits per heavy atom. The number of hydrogen-bond donors (Lipinski definition) is 2. The Morgan fingerprint density at radius 3 is 2.88 bits per heavy atom. The van der Waals surface area contributed by atoms with Crippen molar-refractivity contribution in [3.8, 4) is 0 Å². The van der Waals surface area contributed by atoms with E-state index in [9.17, 15) is 14.4 Å². The Balaban J connectivity index is 1.73. The second-order valence-electron chi connectivity index (χ2n) is 5.51. The lowest BCUT2D eigenvalue weighted by atomic mass is 10.2. The van der Waals surface area contributed by atoms with Crippen molar-refractivity contribution in [1.82, 2.24) is 5.32 Å². The number of amides is 2. The average Bonchev–Trinajstić information content (AvgIpc) is 2.57. The summed E-state index contributed by atoms with van der Waals surface area (Å²) in [6.07, 6.45) is 2.98. The molecule has 2 amide bonds. The monoisotopic (exact) mass is 350 g/mol. The summed E-state index contributed by atoms with van der Waals surface area (Å²) >= 11 is 1.33. The van der Waals surface area contributed by atoms with E-state index in [0.29, 0.717) is 6.54 Å². The van der Waals surface area contributed by atoms with Gasteiger partial charge in [0.25, 0.3) is 5.91 Å². The zero-order valence-corrected chi connectivity index (χ0v) is 14.5. The second kappa shape index (κ2) is 9.32. The highest BCUT2D eigenvalue weighted by molar-refractivity contribution is 8.01. The molecule has 2 N–H and O–H groups in total. The molecule has 0 unspecified atom stereocenters. The van der Waals surface area contributed by atoms with E-state index < -0.39 is 11.2 Å². The van der Waals surface area contributed by atoms with E-state index >= 15 is 0 Å². The molecule has 6 nitrogen and oxygen atoms in total. The normalized spacial score (nSPS) is 16.0. The van der Waals surface area contributed by atoms with Gasteiger partial charge < -0.3 is 15.4 Å². The van der Waals surface area contributed by atoms with Crippen LogP contribution in [-0.4, -0.2) is 36.2 Å². The first-order valence-electron chi connectivity index (χ1n) is 8.09. The highest BCUT2D eigenvalue weighted by Crippen LogP contribution is 2.36. The van der Waals surface area contributed by atoms with E-state index in [1.165, 1.54) is 11.8 Å². The van der Waals surface area contributed by atoms with Crippen LogP contribution in [0.1, 0.15) is 32.6 Å². The smallest absolute Gasteiger partial charge is 0.307 e. The van der Waals surface area contributed by atoms with Crippen molar-refractivity contribution in [1.29, 1.82) is 0 Å². The average molecular weight is 350 g/mol. The maximum Gasteiger partial charge on any atom is 0.307 e. The number of anilines is 1. The first kappa shape index (κ1) is 18.3. The minimum Gasteiger partial charge on any atom is -0.456 e. The van der Waals surface area contributed by atoms with Crippen LogP contribution in [0.2, 0.25) is 0 Å². The molecule has 1 atom stereocenters. The predicted octanol–water partition coefficient (Wildman–Crippen LogP) is 2.34. The number of thioether (sulfide) groups is 1. The van der Waals surface area contributed by atoms with E-state index in [4.69, 9.17) is 4.74 Å². The molecule has 1 aliphatic rings. The molecule has 0 fully saturated rings. The number of rotatable bonds is 8. The molecule has 1 aromatic carbocycles. The Labute approximate surface area is 145 Å². The Morgan fingerprint density at radius 1 is 1.29 bits per heavy atom. The van der Waals surface area contributed by atoms with Crippen molar-refractivity contribution in [3.05, 3.63) is 24.3 Å². The fourth-order valence-corrected chi connectivity index (χ4v) is 3.33. The van der Waals surface area contributed by atoms with Crippen molar-refractivity contribution < 1.29 is 19.1 Å². The third kappa shape index (κ3) is 5.56. The van der Waals surface area contributed by atoms with Crippen LogP contribution in [0, 0.1) is 0 Å². The molecule has 1 aliphatic heterocycles. The zero-order chi connectivity index (χ0) is 17.4. The molecule has 1 aromatic rings. The molecule has 24 heavy (non-hydrogen) atoms. The highest BCUT2D eigenvalue weighted by Gasteiger charge is 2.29. The number of para-hydroxylation sites is 1. The van der Waals surface area contributed by atoms with E-state index in [1.54, 1.807) is 0 Å². The van der Waals surface area contributed by atoms with Crippen LogP contribution >= 0.6 is 11.8 Å². The summed E-state index contributed by atoms with van der Waals surface area (Å²) in [4.78, 5) is 36.3. The van der Waals surface area contributed by atoms with Gasteiger partial charge in [0.1, 0.15) is 0 Å². The number of carbonyl (C=O) groups excluding carboxylic acids is 3. The Hall–Kier alpha value is -2.02. The third-order valence-corrected chi connectivity index (χ3v) is 4.80. The standard InChI is InChI=1S/C17H22N2O4S/c1-2-3-6-9-18-15(20)11-23-16(21)10-14-17(22)19-12-7-4-5-8-13(12)24-14/h4-5,7-8,14H,2-3,6,9-11H2,1H3,(H,18,20)(H,19,22)/t14-/m1/s1. The van der Waals surface area contributed by atoms with Crippen LogP contribution < -0.4 is 10.6 Å². The molecular weight excluding hydrogens is 328 g/mol. The summed E-state index contributed by atoms with van der Waals surface area (Å²) < 4.78 is 4.96. The van der Waals surface area contributed by atoms with Crippen LogP contribution in [-0.2, 0) is 19.1 Å². The summed E-state index contributed by atoms with van der Waals surface area (Å²) in [6.45, 7) is 2.36. The van der Waals surface area contributed by atoms with Crippen LogP contribution in [0.3, 0.4) is 0 Å². The number of carbonyl (C=O) groups is 3. The lowest BCUT2D eigenvalue weighted by Crippen LogP contribution is -2.33. The van der Waals surface area contributed by atoms with E-state index in [2.05, 4.69) is 17.6 Å². The molecule has 0 aliphatic carbocycles. The van der Waals surface area contributed by atoms with Crippen molar-refractivity contribution in [2.75, 3.05) is 18.5 Å². The number of fused-ring (bicyclic) bond motifs is 1. The van der Waals surface area contributed by atoms with Gasteiger partial charge in [-0.15, -0.1) is 11.8 Å². The van der Waals surface area contributed by atoms with Gasteiger partial charge in [-0.2, -0.15) is 0 Å². The third-order valence-electron chi connectivity index (χ3n) is 3.53. The highest BCUT2D eigenvalue weighted by atomic mass is 32.2. The van der Waals surface area contributed by atoms with E-state index in [0.717, 1.165) is 29.8 Å². The lowest BCUT2D eigenvalue weighted by molar-refractivity contribution is -0.149. The summed E-state index contributed by atoms with van der Waals surface area (Å²) in [6, 6.07) is 7.42. The van der Waals surface area contributed by atoms with Crippen LogP contribution in [0.25, 0.3) is 0 Å². The lowest BCUT2D eigenvalue weighted by Gasteiger charge is -2.23. The number of ether oxygens (including phenoxy) is 1. The van der Waals surface area contributed by atoms with Crippen LogP contribution in [0.4, 0.5) is 5.69 Å². The molecule has 2 rings (SSSR count). The molecule has 0 aromatic heterocycles. The number of esters is 1. The maximum absolute atomic E-state index is 12.0. The van der Waals surface area contributed by atoms with Gasteiger partial charge in [-0.3, -0.25) is 14.4 Å². The molecule has 0 saturated carbocycles. The molecule has 0 spiro atoms. The van der Waals surface area contributed by atoms with Gasteiger partial charge in [0, 0.05) is 11.4 Å². The first-order valence-corrected chi connectivity index (χ1v) is 8.97. The fraction of sp³-hybridized carbons (Fsp3) is 0.471. The molecule has 7 heteroatoms. The van der Waals surface area contributed by atoms with Crippen molar-refractivity contribution in [3.63, 3.8) is 0 Å². The van der Waals surface area contributed by atoms with Gasteiger partial charge >= 0.3 is 5.97 Å².